The molecule has 1 rings (SSSR count). The van der Waals surface area contributed by atoms with Crippen LogP contribution in [0, 0.1) is 6.92 Å². The Kier molecular flexibility index (Phi) is 3.31. The molecule has 0 atom stereocenters. The van der Waals surface area contributed by atoms with Crippen LogP contribution in [0.2, 0.25) is 0 Å². The van der Waals surface area contributed by atoms with Gasteiger partial charge in [-0.2, -0.15) is 0 Å². The lowest BCUT2D eigenvalue weighted by molar-refractivity contribution is 0.339. The van der Waals surface area contributed by atoms with Gasteiger partial charge in [-0.15, -0.1) is 0 Å². The van der Waals surface area contributed by atoms with Crippen LogP contribution in [0.3, 0.4) is 0 Å². The fraction of sp³-hybridized carbons (Fsp3) is 0.333. The van der Waals surface area contributed by atoms with Crippen molar-refractivity contribution in [1.82, 2.24) is 0 Å². The quantitative estimate of drug-likeness (QED) is 0.749. The molecule has 0 aliphatic carbocycles. The van der Waals surface area contributed by atoms with Crippen molar-refractivity contribution in [2.45, 2.75) is 18.7 Å². The molecule has 0 spiro atoms. The summed E-state index contributed by atoms with van der Waals surface area (Å²) in [5.74, 6) is 0.599. The summed E-state index contributed by atoms with van der Waals surface area (Å²) in [6, 6.07) is 5.05. The van der Waals surface area contributed by atoms with E-state index in [9.17, 15) is 8.42 Å². The molecule has 0 radical (unpaired) electrons. The molecule has 0 saturated heterocycles. The minimum atomic E-state index is -2.52. The monoisotopic (exact) mass is 200 g/mol. The zero-order valence-corrected chi connectivity index (χ0v) is 8.51. The van der Waals surface area contributed by atoms with Crippen LogP contribution in [-0.4, -0.2) is 15.0 Å². The van der Waals surface area contributed by atoms with Gasteiger partial charge in [-0.05, 0) is 31.5 Å². The van der Waals surface area contributed by atoms with Crippen molar-refractivity contribution < 1.29 is 13.2 Å². The number of hydrogen-bond donors (Lipinski definition) is 1. The zero-order valence-electron chi connectivity index (χ0n) is 7.61. The molecule has 0 aromatic heterocycles. The van der Waals surface area contributed by atoms with Crippen LogP contribution in [-0.2, 0) is 10.7 Å². The maximum Gasteiger partial charge on any atom is 0.168 e. The van der Waals surface area contributed by atoms with Gasteiger partial charge in [0.05, 0.1) is 11.5 Å². The van der Waals surface area contributed by atoms with Crippen molar-refractivity contribution >= 4 is 10.7 Å². The Morgan fingerprint density at radius 2 is 2.08 bits per heavy atom. The Balaban J connectivity index is 3.11. The number of thiol groups is 1. The van der Waals surface area contributed by atoms with Gasteiger partial charge in [-0.25, -0.2) is 8.42 Å². The number of hydrogen-bond acceptors (Lipinski definition) is 3. The van der Waals surface area contributed by atoms with Crippen molar-refractivity contribution in [2.75, 3.05) is 6.61 Å². The second kappa shape index (κ2) is 4.28. The highest BCUT2D eigenvalue weighted by Crippen LogP contribution is 2.18. The van der Waals surface area contributed by atoms with Crippen LogP contribution in [0.1, 0.15) is 12.5 Å². The van der Waals surface area contributed by atoms with Crippen molar-refractivity contribution in [3.05, 3.63) is 23.8 Å². The van der Waals surface area contributed by atoms with Gasteiger partial charge in [0.1, 0.15) is 5.75 Å². The van der Waals surface area contributed by atoms with Gasteiger partial charge in [-0.1, -0.05) is 6.07 Å². The molecule has 0 heterocycles. The van der Waals surface area contributed by atoms with Gasteiger partial charge in [0.25, 0.3) is 0 Å². The van der Waals surface area contributed by atoms with Crippen molar-refractivity contribution in [1.29, 1.82) is 0 Å². The molecule has 0 aliphatic rings. The molecule has 13 heavy (non-hydrogen) atoms. The molecule has 1 aromatic rings. The summed E-state index contributed by atoms with van der Waals surface area (Å²) in [6.07, 6.45) is 0. The smallest absolute Gasteiger partial charge is 0.168 e. The summed E-state index contributed by atoms with van der Waals surface area (Å²) in [7, 11) is -2.52. The van der Waals surface area contributed by atoms with E-state index in [1.807, 2.05) is 6.92 Å². The summed E-state index contributed by atoms with van der Waals surface area (Å²) < 4.78 is 26.7. The lowest BCUT2D eigenvalue weighted by Crippen LogP contribution is -1.93. The topological polar surface area (TPSA) is 43.4 Å². The summed E-state index contributed by atoms with van der Waals surface area (Å²) in [4.78, 5) is 0.334. The summed E-state index contributed by atoms with van der Waals surface area (Å²) >= 11 is 0. The molecule has 0 fully saturated rings. The van der Waals surface area contributed by atoms with E-state index in [1.165, 1.54) is 0 Å². The van der Waals surface area contributed by atoms with Crippen LogP contribution in [0.5, 0.6) is 5.75 Å². The highest BCUT2D eigenvalue weighted by atomic mass is 32.2. The van der Waals surface area contributed by atoms with Gasteiger partial charge in [0.2, 0.25) is 0 Å². The van der Waals surface area contributed by atoms with Gasteiger partial charge in [-0.3, -0.25) is 0 Å². The number of aryl methyl sites for hydroxylation is 1. The molecule has 0 saturated carbocycles. The highest BCUT2D eigenvalue weighted by Gasteiger charge is 2.02. The van der Waals surface area contributed by atoms with Gasteiger partial charge in [0, 0.05) is 0 Å². The Labute approximate surface area is 79.3 Å². The molecule has 1 aromatic carbocycles. The van der Waals surface area contributed by atoms with Crippen molar-refractivity contribution in [3.8, 4) is 5.75 Å². The molecule has 0 aliphatic heterocycles. The largest absolute Gasteiger partial charge is 0.494 e. The first kappa shape index (κ1) is 10.1. The lowest BCUT2D eigenvalue weighted by Gasteiger charge is -2.04. The fourth-order valence-corrected chi connectivity index (χ4v) is 1.64. The van der Waals surface area contributed by atoms with Gasteiger partial charge >= 0.3 is 0 Å². The Bertz CT molecular complexity index is 361. The Morgan fingerprint density at radius 3 is 2.62 bits per heavy atom. The van der Waals surface area contributed by atoms with Crippen molar-refractivity contribution in [2.24, 2.45) is 0 Å². The number of benzene rings is 1. The average Bonchev–Trinajstić information content (AvgIpc) is 2.08. The molecule has 0 amide bonds. The predicted octanol–water partition coefficient (Wildman–Crippen LogP) is 1.36. The van der Waals surface area contributed by atoms with Gasteiger partial charge in [0.15, 0.2) is 10.7 Å². The van der Waals surface area contributed by atoms with Crippen LogP contribution < -0.4 is 4.74 Å². The van der Waals surface area contributed by atoms with E-state index in [2.05, 4.69) is 0 Å². The average molecular weight is 200 g/mol. The second-order valence-electron chi connectivity index (χ2n) is 2.64. The van der Waals surface area contributed by atoms with E-state index in [0.29, 0.717) is 17.3 Å². The van der Waals surface area contributed by atoms with E-state index in [0.717, 1.165) is 5.56 Å². The second-order valence-corrected chi connectivity index (χ2v) is 3.63. The molecule has 0 bridgehead atoms. The number of rotatable bonds is 3. The molecule has 72 valence electrons. The number of ether oxygens (including phenoxy) is 1. The SMILES string of the molecule is CCOc1ccc(C)c([SH](=O)=O)c1. The Morgan fingerprint density at radius 1 is 1.38 bits per heavy atom. The van der Waals surface area contributed by atoms with E-state index in [-0.39, 0.29) is 0 Å². The standard InChI is InChI=1S/C9H12O3S/c1-3-12-8-5-4-7(2)9(6-8)13(10)11/h4-6,13H,3H2,1-2H3. The summed E-state index contributed by atoms with van der Waals surface area (Å²) in [6.45, 7) is 4.16. The van der Waals surface area contributed by atoms with Crippen molar-refractivity contribution in [3.63, 3.8) is 0 Å². The minimum absolute atomic E-state index is 0.334. The van der Waals surface area contributed by atoms with Crippen LogP contribution in [0.25, 0.3) is 0 Å². The zero-order chi connectivity index (χ0) is 9.84. The molecular formula is C9H12O3S. The molecule has 0 N–H and O–H groups in total. The molecule has 4 heteroatoms. The normalized spacial score (nSPS) is 10.4. The lowest BCUT2D eigenvalue weighted by atomic mass is 10.2. The third kappa shape index (κ3) is 2.45. The summed E-state index contributed by atoms with van der Waals surface area (Å²) in [5, 5.41) is 0. The van der Waals surface area contributed by atoms with Crippen LogP contribution >= 0.6 is 0 Å². The van der Waals surface area contributed by atoms with Gasteiger partial charge < -0.3 is 4.74 Å². The van der Waals surface area contributed by atoms with E-state index in [4.69, 9.17) is 4.74 Å². The van der Waals surface area contributed by atoms with E-state index in [1.54, 1.807) is 25.1 Å². The fourth-order valence-electron chi connectivity index (χ4n) is 1.04. The first-order valence-corrected chi connectivity index (χ1v) is 5.20. The third-order valence-corrected chi connectivity index (χ3v) is 2.56. The van der Waals surface area contributed by atoms with E-state index < -0.39 is 10.7 Å². The third-order valence-electron chi connectivity index (χ3n) is 1.69. The highest BCUT2D eigenvalue weighted by molar-refractivity contribution is 7.72. The minimum Gasteiger partial charge on any atom is -0.494 e. The summed E-state index contributed by atoms with van der Waals surface area (Å²) in [5.41, 5.74) is 0.750. The van der Waals surface area contributed by atoms with Crippen LogP contribution in [0.15, 0.2) is 23.1 Å². The molecule has 3 nitrogen and oxygen atoms in total. The van der Waals surface area contributed by atoms with E-state index >= 15 is 0 Å². The predicted molar refractivity (Wildman–Crippen MR) is 50.9 cm³/mol. The molecular weight excluding hydrogens is 188 g/mol. The molecule has 0 unspecified atom stereocenters. The first-order chi connectivity index (χ1) is 6.15. The van der Waals surface area contributed by atoms with Crippen LogP contribution in [0.4, 0.5) is 0 Å². The maximum atomic E-state index is 10.8. The Hall–Kier alpha value is -1.03. The maximum absolute atomic E-state index is 10.8. The first-order valence-electron chi connectivity index (χ1n) is 4.03.